The molecule has 0 bridgehead atoms. The summed E-state index contributed by atoms with van der Waals surface area (Å²) in [6.07, 6.45) is 0.201. The number of anilines is 2. The van der Waals surface area contributed by atoms with Crippen molar-refractivity contribution in [3.05, 3.63) is 42.5 Å². The van der Waals surface area contributed by atoms with Crippen LogP contribution in [0.15, 0.2) is 52.3 Å². The van der Waals surface area contributed by atoms with Crippen molar-refractivity contribution in [1.29, 1.82) is 0 Å². The summed E-state index contributed by atoms with van der Waals surface area (Å²) in [6.45, 7) is 4.08. The average molecular weight is 257 g/mol. The van der Waals surface area contributed by atoms with Gasteiger partial charge in [-0.2, -0.15) is 0 Å². The topological polar surface area (TPSA) is 21.3 Å². The summed E-state index contributed by atoms with van der Waals surface area (Å²) < 4.78 is 5.72. The number of hydrogen-bond acceptors (Lipinski definition) is 3. The van der Waals surface area contributed by atoms with Gasteiger partial charge in [0.2, 0.25) is 0 Å². The molecule has 1 N–H and O–H groups in total. The molecular weight excluding hydrogens is 242 g/mol. The van der Waals surface area contributed by atoms with Gasteiger partial charge in [-0.25, -0.2) is 0 Å². The Bertz CT molecular complexity index is 580. The lowest BCUT2D eigenvalue weighted by Gasteiger charge is -2.21. The maximum absolute atomic E-state index is 5.72. The number of fused-ring (bicyclic) bond motifs is 2. The van der Waals surface area contributed by atoms with Crippen molar-refractivity contribution in [1.82, 2.24) is 0 Å². The molecule has 0 saturated heterocycles. The van der Waals surface area contributed by atoms with Crippen molar-refractivity contribution in [2.24, 2.45) is 0 Å². The lowest BCUT2D eigenvalue weighted by atomic mass is 10.2. The molecule has 92 valence electrons. The maximum Gasteiger partial charge on any atom is 0.121 e. The second kappa shape index (κ2) is 4.58. The highest BCUT2D eigenvalue weighted by Gasteiger charge is 2.15. The van der Waals surface area contributed by atoms with Crippen molar-refractivity contribution in [2.75, 3.05) is 5.32 Å². The smallest absolute Gasteiger partial charge is 0.121 e. The number of para-hydroxylation sites is 1. The molecule has 0 fully saturated rings. The predicted octanol–water partition coefficient (Wildman–Crippen LogP) is 4.68. The molecule has 1 aliphatic heterocycles. The molecule has 0 atom stereocenters. The molecule has 18 heavy (non-hydrogen) atoms. The molecule has 0 spiro atoms. The summed E-state index contributed by atoms with van der Waals surface area (Å²) in [7, 11) is 0. The fourth-order valence-electron chi connectivity index (χ4n) is 1.96. The van der Waals surface area contributed by atoms with Crippen LogP contribution in [0, 0.1) is 0 Å². The third-order valence-electron chi connectivity index (χ3n) is 2.70. The minimum absolute atomic E-state index is 0.201. The highest BCUT2D eigenvalue weighted by atomic mass is 32.2. The third kappa shape index (κ3) is 2.18. The van der Waals surface area contributed by atoms with Crippen LogP contribution in [0.3, 0.4) is 0 Å². The van der Waals surface area contributed by atoms with Gasteiger partial charge in [0.25, 0.3) is 0 Å². The van der Waals surface area contributed by atoms with Crippen molar-refractivity contribution in [2.45, 2.75) is 29.7 Å². The fourth-order valence-corrected chi connectivity index (χ4v) is 2.93. The molecule has 0 amide bonds. The van der Waals surface area contributed by atoms with Crippen LogP contribution in [0.4, 0.5) is 11.4 Å². The molecule has 2 aromatic carbocycles. The summed E-state index contributed by atoms with van der Waals surface area (Å²) in [5.74, 6) is 0.913. The quantitative estimate of drug-likeness (QED) is 0.720. The second-order valence-corrected chi connectivity index (χ2v) is 5.63. The lowest BCUT2D eigenvalue weighted by Crippen LogP contribution is -2.06. The highest BCUT2D eigenvalue weighted by Crippen LogP contribution is 2.44. The SMILES string of the molecule is CC(C)Oc1ccc2c(c1)Nc1ccccc1S2. The van der Waals surface area contributed by atoms with Crippen molar-refractivity contribution in [3.8, 4) is 5.75 Å². The summed E-state index contributed by atoms with van der Waals surface area (Å²) in [5.41, 5.74) is 2.29. The molecule has 0 aliphatic carbocycles. The van der Waals surface area contributed by atoms with Crippen LogP contribution in [0.1, 0.15) is 13.8 Å². The maximum atomic E-state index is 5.72. The Morgan fingerprint density at radius 3 is 2.61 bits per heavy atom. The Morgan fingerprint density at radius 1 is 1.00 bits per heavy atom. The molecule has 1 aliphatic rings. The molecule has 3 rings (SSSR count). The minimum atomic E-state index is 0.201. The van der Waals surface area contributed by atoms with Crippen LogP contribution in [0.5, 0.6) is 5.75 Å². The Balaban J connectivity index is 1.93. The Hall–Kier alpha value is -1.61. The molecular formula is C15H15NOS. The van der Waals surface area contributed by atoms with Gasteiger partial charge < -0.3 is 10.1 Å². The summed E-state index contributed by atoms with van der Waals surface area (Å²) >= 11 is 1.79. The van der Waals surface area contributed by atoms with Crippen molar-refractivity contribution in [3.63, 3.8) is 0 Å². The van der Waals surface area contributed by atoms with Gasteiger partial charge in [-0.15, -0.1) is 0 Å². The lowest BCUT2D eigenvalue weighted by molar-refractivity contribution is 0.242. The first-order chi connectivity index (χ1) is 8.72. The first-order valence-electron chi connectivity index (χ1n) is 6.07. The van der Waals surface area contributed by atoms with E-state index >= 15 is 0 Å². The van der Waals surface area contributed by atoms with Gasteiger partial charge in [0.15, 0.2) is 0 Å². The van der Waals surface area contributed by atoms with E-state index < -0.39 is 0 Å². The predicted molar refractivity (Wildman–Crippen MR) is 76.1 cm³/mol. The first-order valence-corrected chi connectivity index (χ1v) is 6.88. The summed E-state index contributed by atoms with van der Waals surface area (Å²) in [4.78, 5) is 2.51. The third-order valence-corrected chi connectivity index (χ3v) is 3.85. The molecule has 0 unspecified atom stereocenters. The van der Waals surface area contributed by atoms with Crippen LogP contribution in [-0.2, 0) is 0 Å². The molecule has 2 nitrogen and oxygen atoms in total. The Labute approximate surface area is 111 Å². The van der Waals surface area contributed by atoms with Crippen molar-refractivity contribution < 1.29 is 4.74 Å². The molecule has 0 radical (unpaired) electrons. The van der Waals surface area contributed by atoms with E-state index in [1.807, 2.05) is 26.0 Å². The van der Waals surface area contributed by atoms with Gasteiger partial charge in [0, 0.05) is 15.9 Å². The van der Waals surface area contributed by atoms with E-state index in [0.29, 0.717) is 0 Å². The zero-order valence-corrected chi connectivity index (χ0v) is 11.3. The van der Waals surface area contributed by atoms with Gasteiger partial charge in [0.1, 0.15) is 5.75 Å². The molecule has 0 aromatic heterocycles. The van der Waals surface area contributed by atoms with E-state index in [-0.39, 0.29) is 6.10 Å². The van der Waals surface area contributed by atoms with E-state index in [2.05, 4.69) is 35.6 Å². The molecule has 2 aromatic rings. The fraction of sp³-hybridized carbons (Fsp3) is 0.200. The number of hydrogen-bond donors (Lipinski definition) is 1. The van der Waals surface area contributed by atoms with E-state index in [1.54, 1.807) is 11.8 Å². The van der Waals surface area contributed by atoms with Gasteiger partial charge in [-0.3, -0.25) is 0 Å². The second-order valence-electron chi connectivity index (χ2n) is 4.55. The molecule has 3 heteroatoms. The van der Waals surface area contributed by atoms with Crippen molar-refractivity contribution >= 4 is 23.1 Å². The van der Waals surface area contributed by atoms with E-state index in [4.69, 9.17) is 4.74 Å². The minimum Gasteiger partial charge on any atom is -0.491 e. The van der Waals surface area contributed by atoms with Gasteiger partial charge >= 0.3 is 0 Å². The normalized spacial score (nSPS) is 12.6. The molecule has 0 saturated carbocycles. The molecule has 1 heterocycles. The van der Waals surface area contributed by atoms with Crippen LogP contribution in [0.25, 0.3) is 0 Å². The van der Waals surface area contributed by atoms with E-state index in [0.717, 1.165) is 17.1 Å². The summed E-state index contributed by atoms with van der Waals surface area (Å²) in [6, 6.07) is 14.6. The zero-order chi connectivity index (χ0) is 12.5. The van der Waals surface area contributed by atoms with Gasteiger partial charge in [0.05, 0.1) is 17.5 Å². The monoisotopic (exact) mass is 257 g/mol. The Morgan fingerprint density at radius 2 is 1.78 bits per heavy atom. The number of nitrogens with one attached hydrogen (secondary N) is 1. The number of ether oxygens (including phenoxy) is 1. The van der Waals surface area contributed by atoms with E-state index in [9.17, 15) is 0 Å². The van der Waals surface area contributed by atoms with Crippen LogP contribution < -0.4 is 10.1 Å². The van der Waals surface area contributed by atoms with Crippen LogP contribution in [-0.4, -0.2) is 6.10 Å². The van der Waals surface area contributed by atoms with Crippen LogP contribution >= 0.6 is 11.8 Å². The average Bonchev–Trinajstić information content (AvgIpc) is 2.35. The zero-order valence-electron chi connectivity index (χ0n) is 10.4. The van der Waals surface area contributed by atoms with E-state index in [1.165, 1.54) is 9.79 Å². The van der Waals surface area contributed by atoms with Gasteiger partial charge in [-0.05, 0) is 38.1 Å². The van der Waals surface area contributed by atoms with Crippen LogP contribution in [0.2, 0.25) is 0 Å². The standard InChI is InChI=1S/C15H15NOS/c1-10(2)17-11-7-8-15-13(9-11)16-12-5-3-4-6-14(12)18-15/h3-10,16H,1-2H3. The van der Waals surface area contributed by atoms with Gasteiger partial charge in [-0.1, -0.05) is 23.9 Å². The summed E-state index contributed by atoms with van der Waals surface area (Å²) in [5, 5.41) is 3.45. The highest BCUT2D eigenvalue weighted by molar-refractivity contribution is 7.99. The largest absolute Gasteiger partial charge is 0.491 e. The Kier molecular flexibility index (Phi) is 2.92. The number of benzene rings is 2. The first kappa shape index (κ1) is 11.5. The number of rotatable bonds is 2.